The number of allylic oxidation sites excluding steroid dienone is 1. The molecule has 0 aliphatic heterocycles. The highest BCUT2D eigenvalue weighted by atomic mass is 16.1. The first-order valence-corrected chi connectivity index (χ1v) is 6.05. The van der Waals surface area contributed by atoms with Crippen molar-refractivity contribution in [2.24, 2.45) is 0 Å². The maximum Gasteiger partial charge on any atom is 0.185 e. The van der Waals surface area contributed by atoms with Crippen LogP contribution in [0.3, 0.4) is 0 Å². The van der Waals surface area contributed by atoms with Crippen molar-refractivity contribution < 1.29 is 9.59 Å². The second-order valence-corrected chi connectivity index (χ2v) is 4.24. The highest BCUT2D eigenvalue weighted by molar-refractivity contribution is 6.07. The van der Waals surface area contributed by atoms with Gasteiger partial charge in [0.05, 0.1) is 0 Å². The van der Waals surface area contributed by atoms with Crippen LogP contribution < -0.4 is 0 Å². The second kappa shape index (κ2) is 5.91. The third-order valence-corrected chi connectivity index (χ3v) is 2.80. The van der Waals surface area contributed by atoms with Gasteiger partial charge in [0.25, 0.3) is 0 Å². The van der Waals surface area contributed by atoms with E-state index in [1.165, 1.54) is 13.0 Å². The van der Waals surface area contributed by atoms with Crippen LogP contribution in [0.1, 0.15) is 33.2 Å². The standard InChI is InChI=1S/C17H14O2/c1-13(18)15-8-10-16(11-9-15)17(19)12-7-14-5-3-2-4-6-14/h2-12H,1H3. The Labute approximate surface area is 112 Å². The summed E-state index contributed by atoms with van der Waals surface area (Å²) < 4.78 is 0. The van der Waals surface area contributed by atoms with E-state index in [1.54, 1.807) is 30.3 Å². The van der Waals surface area contributed by atoms with E-state index < -0.39 is 0 Å². The summed E-state index contributed by atoms with van der Waals surface area (Å²) in [4.78, 5) is 23.1. The fourth-order valence-electron chi connectivity index (χ4n) is 1.70. The van der Waals surface area contributed by atoms with Crippen LogP contribution in [0, 0.1) is 0 Å². The van der Waals surface area contributed by atoms with Crippen molar-refractivity contribution in [3.05, 3.63) is 77.4 Å². The van der Waals surface area contributed by atoms with Crippen molar-refractivity contribution in [2.75, 3.05) is 0 Å². The van der Waals surface area contributed by atoms with Crippen molar-refractivity contribution in [1.82, 2.24) is 0 Å². The lowest BCUT2D eigenvalue weighted by Gasteiger charge is -1.98. The van der Waals surface area contributed by atoms with Gasteiger partial charge in [0.1, 0.15) is 0 Å². The van der Waals surface area contributed by atoms with Crippen LogP contribution in [0.25, 0.3) is 6.08 Å². The van der Waals surface area contributed by atoms with E-state index in [1.807, 2.05) is 30.3 Å². The summed E-state index contributed by atoms with van der Waals surface area (Å²) in [6, 6.07) is 16.3. The van der Waals surface area contributed by atoms with Crippen LogP contribution in [0.2, 0.25) is 0 Å². The van der Waals surface area contributed by atoms with Gasteiger partial charge in [0.15, 0.2) is 11.6 Å². The molecular weight excluding hydrogens is 236 g/mol. The molecule has 0 atom stereocenters. The minimum Gasteiger partial charge on any atom is -0.295 e. The molecule has 0 fully saturated rings. The monoisotopic (exact) mass is 250 g/mol. The van der Waals surface area contributed by atoms with Gasteiger partial charge in [-0.3, -0.25) is 9.59 Å². The van der Waals surface area contributed by atoms with Gasteiger partial charge in [0.2, 0.25) is 0 Å². The average molecular weight is 250 g/mol. The Hall–Kier alpha value is -2.48. The van der Waals surface area contributed by atoms with Crippen LogP contribution in [0.5, 0.6) is 0 Å². The smallest absolute Gasteiger partial charge is 0.185 e. The first-order chi connectivity index (χ1) is 9.16. The van der Waals surface area contributed by atoms with Gasteiger partial charge in [-0.05, 0) is 18.6 Å². The van der Waals surface area contributed by atoms with Gasteiger partial charge < -0.3 is 0 Å². The number of carbonyl (C=O) groups is 2. The van der Waals surface area contributed by atoms with Crippen LogP contribution in [0.4, 0.5) is 0 Å². The number of hydrogen-bond donors (Lipinski definition) is 0. The predicted octanol–water partition coefficient (Wildman–Crippen LogP) is 3.79. The third kappa shape index (κ3) is 3.49. The molecule has 19 heavy (non-hydrogen) atoms. The molecule has 2 aromatic carbocycles. The van der Waals surface area contributed by atoms with Gasteiger partial charge in [-0.2, -0.15) is 0 Å². The van der Waals surface area contributed by atoms with Crippen LogP contribution in [0.15, 0.2) is 60.7 Å². The predicted molar refractivity (Wildman–Crippen MR) is 76.3 cm³/mol. The minimum absolute atomic E-state index is 0.00109. The SMILES string of the molecule is CC(=O)c1ccc(C(=O)C=Cc2ccccc2)cc1. The molecule has 0 aliphatic carbocycles. The number of hydrogen-bond acceptors (Lipinski definition) is 2. The summed E-state index contributed by atoms with van der Waals surface area (Å²) in [5.74, 6) is -0.0715. The zero-order chi connectivity index (χ0) is 13.7. The number of rotatable bonds is 4. The molecule has 0 spiro atoms. The lowest BCUT2D eigenvalue weighted by molar-refractivity contribution is 0.101. The van der Waals surface area contributed by atoms with E-state index in [4.69, 9.17) is 0 Å². The van der Waals surface area contributed by atoms with Gasteiger partial charge >= 0.3 is 0 Å². The number of benzene rings is 2. The van der Waals surface area contributed by atoms with Gasteiger partial charge in [-0.15, -0.1) is 0 Å². The summed E-state index contributed by atoms with van der Waals surface area (Å²) in [6.45, 7) is 1.51. The average Bonchev–Trinajstić information content (AvgIpc) is 2.46. The van der Waals surface area contributed by atoms with Crippen molar-refractivity contribution >= 4 is 17.6 Å². The lowest BCUT2D eigenvalue weighted by atomic mass is 10.1. The minimum atomic E-state index is -0.0704. The summed E-state index contributed by atoms with van der Waals surface area (Å²) in [6.07, 6.45) is 3.32. The summed E-state index contributed by atoms with van der Waals surface area (Å²) in [7, 11) is 0. The van der Waals surface area contributed by atoms with Crippen LogP contribution in [-0.2, 0) is 0 Å². The van der Waals surface area contributed by atoms with E-state index in [9.17, 15) is 9.59 Å². The maximum absolute atomic E-state index is 11.9. The van der Waals surface area contributed by atoms with E-state index >= 15 is 0 Å². The van der Waals surface area contributed by atoms with Gasteiger partial charge in [0, 0.05) is 11.1 Å². The number of ketones is 2. The molecule has 0 saturated heterocycles. The highest BCUT2D eigenvalue weighted by Gasteiger charge is 2.03. The zero-order valence-corrected chi connectivity index (χ0v) is 10.7. The Morgan fingerprint density at radius 2 is 1.42 bits per heavy atom. The highest BCUT2D eigenvalue weighted by Crippen LogP contribution is 2.08. The third-order valence-electron chi connectivity index (χ3n) is 2.80. The quantitative estimate of drug-likeness (QED) is 0.611. The molecule has 0 bridgehead atoms. The zero-order valence-electron chi connectivity index (χ0n) is 10.7. The first kappa shape index (κ1) is 13.0. The Kier molecular flexibility index (Phi) is 4.04. The maximum atomic E-state index is 11.9. The Morgan fingerprint density at radius 3 is 2.00 bits per heavy atom. The fraction of sp³-hybridized carbons (Fsp3) is 0.0588. The van der Waals surface area contributed by atoms with Crippen molar-refractivity contribution in [3.8, 4) is 0 Å². The molecule has 2 aromatic rings. The van der Waals surface area contributed by atoms with Crippen LogP contribution in [-0.4, -0.2) is 11.6 Å². The summed E-state index contributed by atoms with van der Waals surface area (Å²) in [5.41, 5.74) is 2.18. The summed E-state index contributed by atoms with van der Waals surface area (Å²) >= 11 is 0. The summed E-state index contributed by atoms with van der Waals surface area (Å²) in [5, 5.41) is 0. The normalized spacial score (nSPS) is 10.6. The molecule has 0 aliphatic rings. The van der Waals surface area contributed by atoms with E-state index in [0.29, 0.717) is 11.1 Å². The van der Waals surface area contributed by atoms with Gasteiger partial charge in [-0.25, -0.2) is 0 Å². The number of Topliss-reactive ketones (excluding diaryl/α,β-unsaturated/α-hetero) is 1. The van der Waals surface area contributed by atoms with Gasteiger partial charge in [-0.1, -0.05) is 60.7 Å². The largest absolute Gasteiger partial charge is 0.295 e. The molecule has 0 heterocycles. The molecule has 0 saturated carbocycles. The molecule has 94 valence electrons. The Bertz CT molecular complexity index is 607. The molecule has 2 rings (SSSR count). The lowest BCUT2D eigenvalue weighted by Crippen LogP contribution is -1.96. The van der Waals surface area contributed by atoms with E-state index in [2.05, 4.69) is 0 Å². The Balaban J connectivity index is 2.12. The van der Waals surface area contributed by atoms with Crippen molar-refractivity contribution in [3.63, 3.8) is 0 Å². The fourth-order valence-corrected chi connectivity index (χ4v) is 1.70. The van der Waals surface area contributed by atoms with E-state index in [0.717, 1.165) is 5.56 Å². The molecule has 0 aromatic heterocycles. The number of carbonyl (C=O) groups excluding carboxylic acids is 2. The van der Waals surface area contributed by atoms with Crippen molar-refractivity contribution in [1.29, 1.82) is 0 Å². The van der Waals surface area contributed by atoms with E-state index in [-0.39, 0.29) is 11.6 Å². The van der Waals surface area contributed by atoms with Crippen LogP contribution >= 0.6 is 0 Å². The molecule has 0 radical (unpaired) electrons. The second-order valence-electron chi connectivity index (χ2n) is 4.24. The molecule has 0 unspecified atom stereocenters. The van der Waals surface area contributed by atoms with Crippen molar-refractivity contribution in [2.45, 2.75) is 6.92 Å². The Morgan fingerprint density at radius 1 is 0.842 bits per heavy atom. The topological polar surface area (TPSA) is 34.1 Å². The first-order valence-electron chi connectivity index (χ1n) is 6.05. The molecule has 2 heteroatoms. The molecule has 2 nitrogen and oxygen atoms in total. The molecular formula is C17H14O2. The molecule has 0 N–H and O–H groups in total. The molecule has 0 amide bonds.